The minimum atomic E-state index is -0.0441. The molecular weight excluding hydrogens is 1450 g/mol. The third-order valence-electron chi connectivity index (χ3n) is 25.9. The smallest absolute Gasteiger partial charge is 0.000138 e. The predicted molar refractivity (Wildman–Crippen MR) is 530 cm³/mol. The first-order chi connectivity index (χ1) is 58.1. The van der Waals surface area contributed by atoms with Gasteiger partial charge in [-0.15, -0.1) is 0 Å². The van der Waals surface area contributed by atoms with Crippen LogP contribution in [0, 0.1) is 6.92 Å². The molecule has 590 valence electrons. The Morgan fingerprint density at radius 3 is 0.587 bits per heavy atom. The Bertz CT molecular complexity index is 7040. The Kier molecular flexibility index (Phi) is 19.2. The van der Waals surface area contributed by atoms with Crippen molar-refractivity contribution in [3.63, 3.8) is 0 Å². The van der Waals surface area contributed by atoms with E-state index in [-0.39, 0.29) is 27.1 Å². The molecule has 0 N–H and O–H groups in total. The Morgan fingerprint density at radius 1 is 0.140 bits per heavy atom. The molecule has 0 saturated carbocycles. The van der Waals surface area contributed by atoms with Gasteiger partial charge in [0.15, 0.2) is 0 Å². The van der Waals surface area contributed by atoms with Crippen molar-refractivity contribution >= 4 is 108 Å². The van der Waals surface area contributed by atoms with Crippen molar-refractivity contribution in [3.05, 3.63) is 385 Å². The molecule has 20 aromatic rings. The summed E-state index contributed by atoms with van der Waals surface area (Å²) in [5.74, 6) is 0. The Morgan fingerprint density at radius 2 is 0.331 bits per heavy atom. The van der Waals surface area contributed by atoms with E-state index in [0.29, 0.717) is 0 Å². The lowest BCUT2D eigenvalue weighted by molar-refractivity contribution is 0.590. The summed E-state index contributed by atoms with van der Waals surface area (Å²) < 4.78 is 0. The molecule has 121 heavy (non-hydrogen) atoms. The van der Waals surface area contributed by atoms with Crippen LogP contribution in [0.2, 0.25) is 0 Å². The van der Waals surface area contributed by atoms with Gasteiger partial charge in [-0.3, -0.25) is 0 Å². The highest BCUT2D eigenvalue weighted by atomic mass is 14.3. The van der Waals surface area contributed by atoms with Gasteiger partial charge in [0.05, 0.1) is 0 Å². The summed E-state index contributed by atoms with van der Waals surface area (Å²) >= 11 is 0. The van der Waals surface area contributed by atoms with Gasteiger partial charge in [0, 0.05) is 0 Å². The van der Waals surface area contributed by atoms with E-state index in [1.165, 1.54) is 230 Å². The monoisotopic (exact) mass is 1560 g/mol. The van der Waals surface area contributed by atoms with Gasteiger partial charge in [-0.1, -0.05) is 431 Å². The molecule has 0 fully saturated rings. The zero-order valence-corrected chi connectivity index (χ0v) is 73.0. The van der Waals surface area contributed by atoms with Crippen molar-refractivity contribution in [1.82, 2.24) is 0 Å². The van der Waals surface area contributed by atoms with Crippen LogP contribution in [0.25, 0.3) is 197 Å². The van der Waals surface area contributed by atoms with Gasteiger partial charge < -0.3 is 0 Å². The lowest BCUT2D eigenvalue weighted by atomic mass is 9.75. The summed E-state index contributed by atoms with van der Waals surface area (Å²) in [6.07, 6.45) is 0. The first kappa shape index (κ1) is 77.9. The number of fused-ring (bicyclic) bond motifs is 10. The molecule has 0 aliphatic heterocycles. The SMILES string of the molecule is Cc1ccc2c(-c3ccc(C(C)(C)C)cc3)c3c(-c4ccc(C(C)(C)C)cc4)c4cc(C(C)(C)C)ccc4c(-c4ccc(C(C)(C)C)cc4)c3c(-c3ccc(C(C)(C)C)cc3)c2c1.c1ccc2cc(-c3c4ccccc4c(-c4ccc5ccccc5c4)c4c(-c5ccc6ccccc6c5)c5ccccc5c(-c5ccc6ccccc6c5)c34)ccc2c1. The highest BCUT2D eigenvalue weighted by molar-refractivity contribution is 6.36. The number of hydrogen-bond donors (Lipinski definition) is 0. The van der Waals surface area contributed by atoms with Crippen molar-refractivity contribution in [3.8, 4) is 89.0 Å². The van der Waals surface area contributed by atoms with Crippen molar-refractivity contribution in [2.75, 3.05) is 0 Å². The number of rotatable bonds is 8. The van der Waals surface area contributed by atoms with Gasteiger partial charge in [-0.05, 0) is 289 Å². The van der Waals surface area contributed by atoms with Gasteiger partial charge >= 0.3 is 0 Å². The van der Waals surface area contributed by atoms with Gasteiger partial charge in [0.1, 0.15) is 0 Å². The maximum absolute atomic E-state index is 2.53. The van der Waals surface area contributed by atoms with Crippen LogP contribution < -0.4 is 0 Å². The second-order valence-corrected chi connectivity index (χ2v) is 39.2. The normalized spacial score (nSPS) is 12.5. The van der Waals surface area contributed by atoms with Crippen LogP contribution in [0.3, 0.4) is 0 Å². The van der Waals surface area contributed by atoms with E-state index in [1.807, 2.05) is 0 Å². The largest absolute Gasteiger partial charge is 0.0616 e. The second kappa shape index (κ2) is 29.8. The summed E-state index contributed by atoms with van der Waals surface area (Å²) in [7, 11) is 0. The van der Waals surface area contributed by atoms with Crippen LogP contribution in [-0.2, 0) is 27.1 Å². The molecule has 20 rings (SSSR count). The molecule has 0 radical (unpaired) electrons. The lowest BCUT2D eigenvalue weighted by Crippen LogP contribution is -2.11. The third-order valence-corrected chi connectivity index (χ3v) is 25.9. The quantitative estimate of drug-likeness (QED) is 0.133. The van der Waals surface area contributed by atoms with Gasteiger partial charge in [0.25, 0.3) is 0 Å². The number of hydrogen-bond acceptors (Lipinski definition) is 0. The van der Waals surface area contributed by atoms with Gasteiger partial charge in [-0.25, -0.2) is 0 Å². The summed E-state index contributed by atoms with van der Waals surface area (Å²) in [5.41, 5.74) is 28.1. The molecule has 0 aliphatic rings. The summed E-state index contributed by atoms with van der Waals surface area (Å²) in [6, 6.07) is 134. The number of benzene rings is 20. The Balaban J connectivity index is 0.000000160. The zero-order valence-electron chi connectivity index (χ0n) is 73.0. The molecular formula is C121H106. The summed E-state index contributed by atoms with van der Waals surface area (Å²) in [5, 5.41) is 25.2. The van der Waals surface area contributed by atoms with Crippen molar-refractivity contribution in [1.29, 1.82) is 0 Å². The van der Waals surface area contributed by atoms with Gasteiger partial charge in [0.2, 0.25) is 0 Å². The lowest BCUT2D eigenvalue weighted by Gasteiger charge is -2.28. The predicted octanol–water partition coefficient (Wildman–Crippen LogP) is 35.0. The third kappa shape index (κ3) is 14.1. The molecule has 20 aromatic carbocycles. The van der Waals surface area contributed by atoms with Crippen molar-refractivity contribution < 1.29 is 0 Å². The Labute approximate surface area is 714 Å². The number of aryl methyl sites for hydroxylation is 1. The van der Waals surface area contributed by atoms with E-state index in [1.54, 1.807) is 0 Å². The van der Waals surface area contributed by atoms with Crippen molar-refractivity contribution in [2.24, 2.45) is 0 Å². The first-order valence-corrected chi connectivity index (χ1v) is 43.4. The standard InChI is InChI=1S/C63H70.C58H36/c1-39-17-35-49-51(37-39)55(42-22-30-46(31-23-42)61(8,9)10)57-54(41-20-28-45(29-21-41)60(5,6)7)50-36-34-48(63(14,15)16)38-52(50)56(43-24-32-47(33-25-43)62(11,12)13)58(57)53(49)40-18-26-44(27-19-40)59(2,3)4;1-5-17-41-33-45(29-25-37(41)13-1)53-49-21-9-10-22-50(49)55(47-31-27-39-15-3-7-19-43(39)35-47)58-56(48-32-28-40-16-4-8-20-44(40)36-48)52-24-12-11-23-51(52)54(57(53)58)46-30-26-38-14-2-6-18-42(38)34-46/h17-38H,1-16H3;1-36H. The van der Waals surface area contributed by atoms with Crippen LogP contribution in [0.4, 0.5) is 0 Å². The fraction of sp³-hybridized carbons (Fsp3) is 0.174. The van der Waals surface area contributed by atoms with Crippen LogP contribution >= 0.6 is 0 Å². The molecule has 0 unspecified atom stereocenters. The first-order valence-electron chi connectivity index (χ1n) is 43.4. The average molecular weight is 1560 g/mol. The average Bonchev–Trinajstić information content (AvgIpc) is 0.698. The van der Waals surface area contributed by atoms with E-state index >= 15 is 0 Å². The topological polar surface area (TPSA) is 0 Å². The summed E-state index contributed by atoms with van der Waals surface area (Å²) in [6.45, 7) is 37.0. The zero-order chi connectivity index (χ0) is 83.8. The molecule has 0 saturated heterocycles. The molecule has 0 amide bonds. The maximum atomic E-state index is 2.53. The van der Waals surface area contributed by atoms with E-state index in [9.17, 15) is 0 Å². The van der Waals surface area contributed by atoms with Crippen molar-refractivity contribution in [2.45, 2.75) is 138 Å². The molecule has 0 heterocycles. The second-order valence-electron chi connectivity index (χ2n) is 39.2. The minimum Gasteiger partial charge on any atom is -0.0616 e. The fourth-order valence-electron chi connectivity index (χ4n) is 19.3. The van der Waals surface area contributed by atoms with Crippen LogP contribution in [0.15, 0.2) is 352 Å². The van der Waals surface area contributed by atoms with Crippen LogP contribution in [0.5, 0.6) is 0 Å². The van der Waals surface area contributed by atoms with E-state index in [2.05, 4.69) is 463 Å². The van der Waals surface area contributed by atoms with E-state index in [4.69, 9.17) is 0 Å². The van der Waals surface area contributed by atoms with E-state index < -0.39 is 0 Å². The van der Waals surface area contributed by atoms with Crippen LogP contribution in [-0.4, -0.2) is 0 Å². The molecule has 0 spiro atoms. The highest BCUT2D eigenvalue weighted by Gasteiger charge is 2.32. The highest BCUT2D eigenvalue weighted by Crippen LogP contribution is 2.58. The molecule has 0 bridgehead atoms. The molecule has 0 heteroatoms. The molecule has 0 nitrogen and oxygen atoms in total. The van der Waals surface area contributed by atoms with Gasteiger partial charge in [-0.2, -0.15) is 0 Å². The fourth-order valence-corrected chi connectivity index (χ4v) is 19.3. The summed E-state index contributed by atoms with van der Waals surface area (Å²) in [4.78, 5) is 0. The molecule has 0 atom stereocenters. The minimum absolute atomic E-state index is 0.0333. The Hall–Kier alpha value is -13.0. The molecule has 0 aliphatic carbocycles. The van der Waals surface area contributed by atoms with Crippen LogP contribution in [0.1, 0.15) is 137 Å². The van der Waals surface area contributed by atoms with E-state index in [0.717, 1.165) is 0 Å². The molecule has 0 aromatic heterocycles. The maximum Gasteiger partial charge on any atom is -0.000138 e.